The van der Waals surface area contributed by atoms with Crippen LogP contribution in [0.15, 0.2) is 54.6 Å². The smallest absolute Gasteiger partial charge is 0.254 e. The van der Waals surface area contributed by atoms with Crippen LogP contribution in [0.1, 0.15) is 56.6 Å². The second kappa shape index (κ2) is 11.1. The number of halogens is 2. The molecule has 3 rings (SSSR count). The van der Waals surface area contributed by atoms with Crippen LogP contribution in [0.5, 0.6) is 0 Å². The number of rotatable bonds is 8. The zero-order valence-electron chi connectivity index (χ0n) is 19.9. The molecule has 2 amide bonds. The van der Waals surface area contributed by atoms with E-state index in [-0.39, 0.29) is 23.8 Å². The number of carbonyl (C=O) groups is 2. The molecule has 0 aliphatic carbocycles. The number of hydrogen-bond donors (Lipinski definition) is 1. The van der Waals surface area contributed by atoms with Gasteiger partial charge in [-0.2, -0.15) is 5.10 Å². The number of aromatic nitrogens is 2. The quantitative estimate of drug-likeness (QED) is 0.391. The standard InChI is InChI=1S/C26H30Cl2N4O2/c1-5-6-14-31(25(34)18-12-13-20(27)21(28)15-18)17-24(33)29-23-16-22(26(2,3)4)30-32(23)19-10-8-7-9-11-19/h7-13,15-16H,5-6,14,17H2,1-4H3,(H,29,33). The van der Waals surface area contributed by atoms with E-state index >= 15 is 0 Å². The number of amides is 2. The lowest BCUT2D eigenvalue weighted by Crippen LogP contribution is -2.39. The third-order valence-electron chi connectivity index (χ3n) is 5.32. The van der Waals surface area contributed by atoms with Gasteiger partial charge in [-0.15, -0.1) is 0 Å². The predicted molar refractivity (Wildman–Crippen MR) is 138 cm³/mol. The average molecular weight is 501 g/mol. The third kappa shape index (κ3) is 6.39. The van der Waals surface area contributed by atoms with E-state index in [0.717, 1.165) is 24.2 Å². The van der Waals surface area contributed by atoms with Crippen molar-refractivity contribution in [1.82, 2.24) is 14.7 Å². The molecule has 0 saturated heterocycles. The van der Waals surface area contributed by atoms with E-state index in [0.29, 0.717) is 28.0 Å². The van der Waals surface area contributed by atoms with Gasteiger partial charge in [-0.1, -0.05) is 75.5 Å². The topological polar surface area (TPSA) is 67.2 Å². The van der Waals surface area contributed by atoms with Crippen LogP contribution in [0.2, 0.25) is 10.0 Å². The minimum atomic E-state index is -0.304. The number of hydrogen-bond acceptors (Lipinski definition) is 3. The second-order valence-electron chi connectivity index (χ2n) is 9.17. The van der Waals surface area contributed by atoms with Crippen molar-refractivity contribution >= 4 is 40.8 Å². The maximum absolute atomic E-state index is 13.2. The molecule has 0 fully saturated rings. The molecule has 3 aromatic rings. The highest BCUT2D eigenvalue weighted by Crippen LogP contribution is 2.27. The normalized spacial score (nSPS) is 11.4. The van der Waals surface area contributed by atoms with E-state index in [9.17, 15) is 9.59 Å². The van der Waals surface area contributed by atoms with Crippen molar-refractivity contribution in [3.8, 4) is 5.69 Å². The molecular formula is C26H30Cl2N4O2. The molecule has 0 unspecified atom stereocenters. The summed E-state index contributed by atoms with van der Waals surface area (Å²) in [5.74, 6) is -0.0188. The van der Waals surface area contributed by atoms with Gasteiger partial charge in [-0.3, -0.25) is 9.59 Å². The molecule has 1 N–H and O–H groups in total. The number of nitrogens with one attached hydrogen (secondary N) is 1. The van der Waals surface area contributed by atoms with Crippen LogP contribution in [0, 0.1) is 0 Å². The Balaban J connectivity index is 1.84. The van der Waals surface area contributed by atoms with Gasteiger partial charge in [0.15, 0.2) is 0 Å². The molecule has 1 aromatic heterocycles. The van der Waals surface area contributed by atoms with Crippen LogP contribution in [-0.4, -0.2) is 39.6 Å². The number of para-hydroxylation sites is 1. The number of carbonyl (C=O) groups excluding carboxylic acids is 2. The summed E-state index contributed by atoms with van der Waals surface area (Å²) in [5, 5.41) is 8.36. The summed E-state index contributed by atoms with van der Waals surface area (Å²) in [6.45, 7) is 8.60. The molecule has 0 bridgehead atoms. The predicted octanol–water partition coefficient (Wildman–Crippen LogP) is 6.36. The van der Waals surface area contributed by atoms with Gasteiger partial charge in [0.25, 0.3) is 5.91 Å². The number of unbranched alkanes of at least 4 members (excludes halogenated alkanes) is 1. The van der Waals surface area contributed by atoms with Gasteiger partial charge in [-0.25, -0.2) is 4.68 Å². The van der Waals surface area contributed by atoms with E-state index in [4.69, 9.17) is 28.3 Å². The molecule has 0 aliphatic rings. The molecule has 6 nitrogen and oxygen atoms in total. The van der Waals surface area contributed by atoms with Gasteiger partial charge in [0.05, 0.1) is 21.4 Å². The van der Waals surface area contributed by atoms with Crippen LogP contribution in [0.25, 0.3) is 5.69 Å². The maximum atomic E-state index is 13.2. The first-order valence-corrected chi connectivity index (χ1v) is 12.1. The Morgan fingerprint density at radius 3 is 2.35 bits per heavy atom. The van der Waals surface area contributed by atoms with Crippen LogP contribution in [-0.2, 0) is 10.2 Å². The summed E-state index contributed by atoms with van der Waals surface area (Å²) < 4.78 is 1.72. The Morgan fingerprint density at radius 2 is 1.74 bits per heavy atom. The molecule has 0 radical (unpaired) electrons. The summed E-state index contributed by atoms with van der Waals surface area (Å²) in [7, 11) is 0. The zero-order chi connectivity index (χ0) is 24.9. The molecule has 2 aromatic carbocycles. The highest BCUT2D eigenvalue weighted by atomic mass is 35.5. The largest absolute Gasteiger partial charge is 0.329 e. The van der Waals surface area contributed by atoms with E-state index in [2.05, 4.69) is 26.1 Å². The lowest BCUT2D eigenvalue weighted by atomic mass is 9.92. The molecule has 180 valence electrons. The average Bonchev–Trinajstić information content (AvgIpc) is 3.22. The first-order chi connectivity index (χ1) is 16.1. The Kier molecular flexibility index (Phi) is 8.39. The fraction of sp³-hybridized carbons (Fsp3) is 0.346. The van der Waals surface area contributed by atoms with E-state index in [1.165, 1.54) is 11.0 Å². The van der Waals surface area contributed by atoms with E-state index < -0.39 is 0 Å². The number of benzene rings is 2. The lowest BCUT2D eigenvalue weighted by molar-refractivity contribution is -0.116. The van der Waals surface area contributed by atoms with Crippen molar-refractivity contribution in [2.45, 2.75) is 46.0 Å². The highest BCUT2D eigenvalue weighted by Gasteiger charge is 2.23. The molecule has 0 atom stereocenters. The number of anilines is 1. The maximum Gasteiger partial charge on any atom is 0.254 e. The Labute approximate surface area is 210 Å². The van der Waals surface area contributed by atoms with Crippen molar-refractivity contribution in [2.24, 2.45) is 0 Å². The van der Waals surface area contributed by atoms with Crippen molar-refractivity contribution in [2.75, 3.05) is 18.4 Å². The molecule has 0 saturated carbocycles. The Hall–Kier alpha value is -2.83. The molecule has 0 spiro atoms. The highest BCUT2D eigenvalue weighted by molar-refractivity contribution is 6.42. The Bertz CT molecular complexity index is 1150. The molecule has 0 aliphatic heterocycles. The van der Waals surface area contributed by atoms with E-state index in [1.807, 2.05) is 43.3 Å². The third-order valence-corrected chi connectivity index (χ3v) is 6.05. The van der Waals surface area contributed by atoms with Crippen LogP contribution >= 0.6 is 23.2 Å². The van der Waals surface area contributed by atoms with Crippen molar-refractivity contribution in [1.29, 1.82) is 0 Å². The molecule has 1 heterocycles. The van der Waals surface area contributed by atoms with Crippen LogP contribution < -0.4 is 5.32 Å². The zero-order valence-corrected chi connectivity index (χ0v) is 21.5. The van der Waals surface area contributed by atoms with Gasteiger partial charge in [0, 0.05) is 23.6 Å². The first-order valence-electron chi connectivity index (χ1n) is 11.3. The van der Waals surface area contributed by atoms with Gasteiger partial charge < -0.3 is 10.2 Å². The minimum Gasteiger partial charge on any atom is -0.329 e. The van der Waals surface area contributed by atoms with Gasteiger partial charge in [-0.05, 0) is 36.8 Å². The van der Waals surface area contributed by atoms with Crippen molar-refractivity contribution in [3.05, 3.63) is 75.9 Å². The van der Waals surface area contributed by atoms with Gasteiger partial charge in [0.2, 0.25) is 5.91 Å². The van der Waals surface area contributed by atoms with Gasteiger partial charge in [0.1, 0.15) is 12.4 Å². The summed E-state index contributed by atoms with van der Waals surface area (Å²) in [6, 6.07) is 16.2. The van der Waals surface area contributed by atoms with Gasteiger partial charge >= 0.3 is 0 Å². The molecule has 8 heteroatoms. The van der Waals surface area contributed by atoms with Crippen LogP contribution in [0.4, 0.5) is 5.82 Å². The van der Waals surface area contributed by atoms with E-state index in [1.54, 1.807) is 16.8 Å². The van der Waals surface area contributed by atoms with Crippen molar-refractivity contribution < 1.29 is 9.59 Å². The monoisotopic (exact) mass is 500 g/mol. The summed E-state index contributed by atoms with van der Waals surface area (Å²) in [6.07, 6.45) is 1.67. The summed E-state index contributed by atoms with van der Waals surface area (Å²) >= 11 is 12.1. The lowest BCUT2D eigenvalue weighted by Gasteiger charge is -2.22. The fourth-order valence-corrected chi connectivity index (χ4v) is 3.67. The minimum absolute atomic E-state index is 0.0934. The molecule has 34 heavy (non-hydrogen) atoms. The summed E-state index contributed by atoms with van der Waals surface area (Å²) in [5.41, 5.74) is 1.88. The fourth-order valence-electron chi connectivity index (χ4n) is 3.37. The second-order valence-corrected chi connectivity index (χ2v) is 9.98. The van der Waals surface area contributed by atoms with Crippen molar-refractivity contribution in [3.63, 3.8) is 0 Å². The SMILES string of the molecule is CCCCN(CC(=O)Nc1cc(C(C)(C)C)nn1-c1ccccc1)C(=O)c1ccc(Cl)c(Cl)c1. The van der Waals surface area contributed by atoms with Crippen LogP contribution in [0.3, 0.4) is 0 Å². The Morgan fingerprint density at radius 1 is 1.03 bits per heavy atom. The first kappa shape index (κ1) is 25.8. The molecular weight excluding hydrogens is 471 g/mol. The number of nitrogens with zero attached hydrogens (tertiary/aromatic N) is 3. The summed E-state index contributed by atoms with van der Waals surface area (Å²) in [4.78, 5) is 27.8.